The number of nitrogens with one attached hydrogen (secondary N) is 2. The fraction of sp³-hybridized carbons (Fsp3) is 0.190. The molecule has 0 spiro atoms. The number of benzene rings is 2. The summed E-state index contributed by atoms with van der Waals surface area (Å²) in [6.45, 7) is 0.407. The number of aromatic nitrogens is 1. The van der Waals surface area contributed by atoms with E-state index in [1.54, 1.807) is 12.4 Å². The van der Waals surface area contributed by atoms with Crippen LogP contribution in [-0.4, -0.2) is 16.8 Å². The molecule has 1 fully saturated rings. The van der Waals surface area contributed by atoms with Crippen molar-refractivity contribution in [2.24, 2.45) is 5.92 Å². The van der Waals surface area contributed by atoms with Crippen molar-refractivity contribution in [3.63, 3.8) is 0 Å². The van der Waals surface area contributed by atoms with Crippen LogP contribution < -0.4 is 10.6 Å². The topological polar surface area (TPSA) is 71.1 Å². The maximum atomic E-state index is 12.8. The molecular formula is C21H19N3O2. The molecule has 5 heteroatoms. The average molecular weight is 345 g/mol. The molecule has 26 heavy (non-hydrogen) atoms. The highest BCUT2D eigenvalue weighted by atomic mass is 16.2. The largest absolute Gasteiger partial charge is 0.348 e. The molecule has 0 bridgehead atoms. The van der Waals surface area contributed by atoms with E-state index < -0.39 is 0 Å². The average Bonchev–Trinajstić information content (AvgIpc) is 3.52. The Morgan fingerprint density at radius 1 is 1.00 bits per heavy atom. The van der Waals surface area contributed by atoms with E-state index in [1.807, 2.05) is 48.5 Å². The minimum absolute atomic E-state index is 0.0107. The Kier molecular flexibility index (Phi) is 4.35. The summed E-state index contributed by atoms with van der Waals surface area (Å²) in [6, 6.07) is 15.2. The number of nitrogens with zero attached hydrogens (tertiary/aromatic N) is 1. The molecule has 2 amide bonds. The van der Waals surface area contributed by atoms with Crippen LogP contribution in [0, 0.1) is 5.92 Å². The van der Waals surface area contributed by atoms with Crippen molar-refractivity contribution in [2.45, 2.75) is 19.4 Å². The minimum atomic E-state index is -0.210. The first-order valence-corrected chi connectivity index (χ1v) is 8.71. The van der Waals surface area contributed by atoms with Gasteiger partial charge < -0.3 is 10.6 Å². The Hall–Kier alpha value is -3.21. The van der Waals surface area contributed by atoms with Gasteiger partial charge in [-0.2, -0.15) is 0 Å². The number of carbonyl (C=O) groups excluding carboxylic acids is 2. The normalized spacial score (nSPS) is 13.4. The molecule has 1 aliphatic rings. The van der Waals surface area contributed by atoms with Crippen LogP contribution in [-0.2, 0) is 11.3 Å². The predicted molar refractivity (Wildman–Crippen MR) is 101 cm³/mol. The zero-order chi connectivity index (χ0) is 17.9. The molecule has 0 saturated heterocycles. The van der Waals surface area contributed by atoms with Gasteiger partial charge in [-0.25, -0.2) is 0 Å². The zero-order valence-electron chi connectivity index (χ0n) is 14.2. The number of hydrogen-bond donors (Lipinski definition) is 2. The number of amides is 2. The van der Waals surface area contributed by atoms with Crippen LogP contribution in [0.5, 0.6) is 0 Å². The Bertz CT molecular complexity index is 965. The number of fused-ring (bicyclic) bond motifs is 1. The standard InChI is InChI=1S/C21H19N3O2/c25-20(15-5-6-15)24-19-12-17-4-2-1-3-16(17)11-18(19)21(26)23-13-14-7-9-22-10-8-14/h1-4,7-12,15H,5-6,13H2,(H,23,26)(H,24,25). The second kappa shape index (κ2) is 6.96. The van der Waals surface area contributed by atoms with Gasteiger partial charge in [-0.15, -0.1) is 0 Å². The second-order valence-corrected chi connectivity index (χ2v) is 6.55. The van der Waals surface area contributed by atoms with Gasteiger partial charge >= 0.3 is 0 Å². The molecule has 2 aromatic carbocycles. The summed E-state index contributed by atoms with van der Waals surface area (Å²) in [5.41, 5.74) is 2.01. The second-order valence-electron chi connectivity index (χ2n) is 6.55. The zero-order valence-corrected chi connectivity index (χ0v) is 14.2. The van der Waals surface area contributed by atoms with Crippen LogP contribution in [0.4, 0.5) is 5.69 Å². The van der Waals surface area contributed by atoms with E-state index in [0.717, 1.165) is 29.2 Å². The summed E-state index contributed by atoms with van der Waals surface area (Å²) in [5, 5.41) is 7.81. The van der Waals surface area contributed by atoms with E-state index in [2.05, 4.69) is 15.6 Å². The number of hydrogen-bond acceptors (Lipinski definition) is 3. The van der Waals surface area contributed by atoms with E-state index in [-0.39, 0.29) is 17.7 Å². The van der Waals surface area contributed by atoms with Crippen molar-refractivity contribution in [3.8, 4) is 0 Å². The molecule has 0 radical (unpaired) electrons. The van der Waals surface area contributed by atoms with Crippen molar-refractivity contribution in [1.82, 2.24) is 10.3 Å². The molecule has 1 aromatic heterocycles. The molecule has 5 nitrogen and oxygen atoms in total. The van der Waals surface area contributed by atoms with Crippen LogP contribution in [0.1, 0.15) is 28.8 Å². The van der Waals surface area contributed by atoms with E-state index in [1.165, 1.54) is 0 Å². The van der Waals surface area contributed by atoms with Gasteiger partial charge in [-0.3, -0.25) is 14.6 Å². The van der Waals surface area contributed by atoms with Crippen LogP contribution in [0.2, 0.25) is 0 Å². The number of anilines is 1. The van der Waals surface area contributed by atoms with Gasteiger partial charge in [0.05, 0.1) is 11.3 Å². The highest BCUT2D eigenvalue weighted by Gasteiger charge is 2.30. The summed E-state index contributed by atoms with van der Waals surface area (Å²) in [7, 11) is 0. The summed E-state index contributed by atoms with van der Waals surface area (Å²) < 4.78 is 0. The molecule has 0 atom stereocenters. The van der Waals surface area contributed by atoms with Gasteiger partial charge in [0, 0.05) is 24.9 Å². The fourth-order valence-electron chi connectivity index (χ4n) is 2.89. The van der Waals surface area contributed by atoms with Gasteiger partial charge in [0.2, 0.25) is 5.91 Å². The van der Waals surface area contributed by atoms with Gasteiger partial charge in [0.1, 0.15) is 0 Å². The summed E-state index contributed by atoms with van der Waals surface area (Å²) >= 11 is 0. The van der Waals surface area contributed by atoms with Gasteiger partial charge in [-0.05, 0) is 53.4 Å². The SMILES string of the molecule is O=C(NCc1ccncc1)c1cc2ccccc2cc1NC(=O)C1CC1. The predicted octanol–water partition coefficient (Wildman–Crippen LogP) is 3.51. The third-order valence-electron chi connectivity index (χ3n) is 4.54. The van der Waals surface area contributed by atoms with E-state index in [0.29, 0.717) is 17.8 Å². The van der Waals surface area contributed by atoms with Crippen LogP contribution >= 0.6 is 0 Å². The molecule has 1 aliphatic carbocycles. The molecular weight excluding hydrogens is 326 g/mol. The first kappa shape index (κ1) is 16.3. The maximum Gasteiger partial charge on any atom is 0.253 e. The Morgan fingerprint density at radius 3 is 2.38 bits per heavy atom. The van der Waals surface area contributed by atoms with Gasteiger partial charge in [0.15, 0.2) is 0 Å². The third-order valence-corrected chi connectivity index (χ3v) is 4.54. The molecule has 0 aliphatic heterocycles. The van der Waals surface area contributed by atoms with Crippen molar-refractivity contribution in [3.05, 3.63) is 72.1 Å². The van der Waals surface area contributed by atoms with Crippen molar-refractivity contribution < 1.29 is 9.59 Å². The highest BCUT2D eigenvalue weighted by Crippen LogP contribution is 2.32. The van der Waals surface area contributed by atoms with Crippen molar-refractivity contribution >= 4 is 28.3 Å². The van der Waals surface area contributed by atoms with E-state index in [4.69, 9.17) is 0 Å². The molecule has 4 rings (SSSR count). The first-order chi connectivity index (χ1) is 12.7. The van der Waals surface area contributed by atoms with Crippen molar-refractivity contribution in [2.75, 3.05) is 5.32 Å². The lowest BCUT2D eigenvalue weighted by molar-refractivity contribution is -0.117. The lowest BCUT2D eigenvalue weighted by Crippen LogP contribution is -2.25. The minimum Gasteiger partial charge on any atom is -0.348 e. The van der Waals surface area contributed by atoms with Crippen LogP contribution in [0.15, 0.2) is 60.9 Å². The van der Waals surface area contributed by atoms with E-state index >= 15 is 0 Å². The lowest BCUT2D eigenvalue weighted by atomic mass is 10.0. The van der Waals surface area contributed by atoms with Gasteiger partial charge in [0.25, 0.3) is 5.91 Å². The molecule has 2 N–H and O–H groups in total. The third kappa shape index (κ3) is 3.57. The fourth-order valence-corrected chi connectivity index (χ4v) is 2.89. The van der Waals surface area contributed by atoms with Crippen LogP contribution in [0.3, 0.4) is 0 Å². The Labute approximate surface area is 151 Å². The molecule has 0 unspecified atom stereocenters. The highest BCUT2D eigenvalue weighted by molar-refractivity contribution is 6.08. The molecule has 1 saturated carbocycles. The van der Waals surface area contributed by atoms with E-state index in [9.17, 15) is 9.59 Å². The van der Waals surface area contributed by atoms with Crippen LogP contribution in [0.25, 0.3) is 10.8 Å². The number of carbonyl (C=O) groups is 2. The lowest BCUT2D eigenvalue weighted by Gasteiger charge is -2.13. The van der Waals surface area contributed by atoms with Crippen molar-refractivity contribution in [1.29, 1.82) is 0 Å². The summed E-state index contributed by atoms with van der Waals surface area (Å²) in [5.74, 6) is -0.142. The van der Waals surface area contributed by atoms with Gasteiger partial charge in [-0.1, -0.05) is 24.3 Å². The quantitative estimate of drug-likeness (QED) is 0.743. The number of pyridine rings is 1. The Balaban J connectivity index is 1.62. The smallest absolute Gasteiger partial charge is 0.253 e. The summed E-state index contributed by atoms with van der Waals surface area (Å²) in [6.07, 6.45) is 5.23. The molecule has 130 valence electrons. The summed E-state index contributed by atoms with van der Waals surface area (Å²) in [4.78, 5) is 29.0. The first-order valence-electron chi connectivity index (χ1n) is 8.71. The maximum absolute atomic E-state index is 12.8. The number of rotatable bonds is 5. The Morgan fingerprint density at radius 2 is 1.69 bits per heavy atom. The molecule has 1 heterocycles. The molecule has 3 aromatic rings. The monoisotopic (exact) mass is 345 g/mol.